The van der Waals surface area contributed by atoms with Crippen LogP contribution in [-0.4, -0.2) is 42.5 Å². The molecule has 1 N–H and O–H groups in total. The van der Waals surface area contributed by atoms with Gasteiger partial charge in [-0.2, -0.15) is 0 Å². The number of rotatable bonds is 4. The summed E-state index contributed by atoms with van der Waals surface area (Å²) in [5.41, 5.74) is 0.0172. The monoisotopic (exact) mass is 381 g/mol. The van der Waals surface area contributed by atoms with Gasteiger partial charge in [0, 0.05) is 18.5 Å². The number of thiazole rings is 1. The van der Waals surface area contributed by atoms with Crippen LogP contribution in [0.4, 0.5) is 0 Å². The molecule has 1 amide bonds. The Morgan fingerprint density at radius 3 is 2.43 bits per heavy atom. The van der Waals surface area contributed by atoms with E-state index in [1.165, 1.54) is 6.42 Å². The second kappa shape index (κ2) is 9.82. The lowest BCUT2D eigenvalue weighted by atomic mass is 9.93. The quantitative estimate of drug-likeness (QED) is 0.863. The normalized spacial score (nSPS) is 15.7. The molecule has 0 unspecified atom stereocenters. The zero-order valence-corrected chi connectivity index (χ0v) is 16.9. The van der Waals surface area contributed by atoms with Crippen molar-refractivity contribution in [2.45, 2.75) is 45.4 Å². The molecule has 0 aliphatic carbocycles. The molecule has 2 heterocycles. The summed E-state index contributed by atoms with van der Waals surface area (Å²) in [6, 6.07) is 0. The average Bonchev–Trinajstić information content (AvgIpc) is 2.95. The summed E-state index contributed by atoms with van der Waals surface area (Å²) in [5, 5.41) is 4.24. The minimum Gasteiger partial charge on any atom is -0.338 e. The molecule has 0 radical (unpaired) electrons. The van der Waals surface area contributed by atoms with Gasteiger partial charge in [-0.1, -0.05) is 20.8 Å². The number of amides is 1. The number of hydrogen-bond acceptors (Lipinski definition) is 4. The third kappa shape index (κ3) is 6.22. The Hall–Kier alpha value is -0.360. The highest BCUT2D eigenvalue weighted by molar-refractivity contribution is 7.13. The van der Waals surface area contributed by atoms with Crippen LogP contribution in [0.15, 0.2) is 6.20 Å². The Bertz CT molecular complexity index is 480. The van der Waals surface area contributed by atoms with Gasteiger partial charge in [-0.05, 0) is 38.8 Å². The fraction of sp³-hybridized carbons (Fsp3) is 0.750. The van der Waals surface area contributed by atoms with E-state index in [9.17, 15) is 4.79 Å². The van der Waals surface area contributed by atoms with E-state index in [0.717, 1.165) is 48.3 Å². The average molecular weight is 382 g/mol. The van der Waals surface area contributed by atoms with Gasteiger partial charge in [-0.25, -0.2) is 4.98 Å². The third-order valence-electron chi connectivity index (χ3n) is 4.06. The van der Waals surface area contributed by atoms with Gasteiger partial charge in [0.15, 0.2) is 0 Å². The first-order valence-electron chi connectivity index (χ1n) is 7.82. The highest BCUT2D eigenvalue weighted by atomic mass is 35.5. The second-order valence-electron chi connectivity index (χ2n) is 6.91. The van der Waals surface area contributed by atoms with Gasteiger partial charge < -0.3 is 10.2 Å². The Balaban J connectivity index is 0.00000242. The van der Waals surface area contributed by atoms with Crippen LogP contribution >= 0.6 is 36.2 Å². The van der Waals surface area contributed by atoms with Crippen LogP contribution in [0.1, 0.15) is 54.7 Å². The maximum Gasteiger partial charge on any atom is 0.265 e. The summed E-state index contributed by atoms with van der Waals surface area (Å²) in [7, 11) is 2.00. The van der Waals surface area contributed by atoms with Crippen molar-refractivity contribution in [1.82, 2.24) is 15.2 Å². The zero-order chi connectivity index (χ0) is 15.5. The zero-order valence-electron chi connectivity index (χ0n) is 14.4. The lowest BCUT2D eigenvalue weighted by molar-refractivity contribution is 0.0692. The Labute approximate surface area is 156 Å². The highest BCUT2D eigenvalue weighted by Gasteiger charge is 2.26. The summed E-state index contributed by atoms with van der Waals surface area (Å²) in [6.45, 7) is 9.24. The number of hydrogen-bond donors (Lipinski definition) is 1. The molecule has 0 atom stereocenters. The lowest BCUT2D eigenvalue weighted by Crippen LogP contribution is -2.38. The summed E-state index contributed by atoms with van der Waals surface area (Å²) < 4.78 is 0. The molecule has 1 fully saturated rings. The number of aromatic nitrogens is 1. The van der Waals surface area contributed by atoms with Crippen LogP contribution in [0.5, 0.6) is 0 Å². The Morgan fingerprint density at radius 1 is 1.35 bits per heavy atom. The highest BCUT2D eigenvalue weighted by Crippen LogP contribution is 2.28. The number of likely N-dealkylation sites (tertiary alicyclic amines) is 1. The van der Waals surface area contributed by atoms with Crippen LogP contribution in [0.25, 0.3) is 0 Å². The first-order chi connectivity index (χ1) is 9.91. The molecule has 2 rings (SSSR count). The fourth-order valence-electron chi connectivity index (χ4n) is 2.65. The number of nitrogens with one attached hydrogen (secondary N) is 1. The number of carbonyl (C=O) groups is 1. The molecule has 4 nitrogen and oxygen atoms in total. The van der Waals surface area contributed by atoms with Crippen molar-refractivity contribution >= 4 is 42.1 Å². The van der Waals surface area contributed by atoms with Gasteiger partial charge in [-0.15, -0.1) is 36.2 Å². The van der Waals surface area contributed by atoms with Crippen molar-refractivity contribution in [2.24, 2.45) is 5.92 Å². The van der Waals surface area contributed by atoms with Crippen LogP contribution in [0.2, 0.25) is 0 Å². The maximum absolute atomic E-state index is 12.5. The number of carbonyl (C=O) groups excluding carboxylic acids is 1. The third-order valence-corrected chi connectivity index (χ3v) is 5.47. The topological polar surface area (TPSA) is 45.2 Å². The van der Waals surface area contributed by atoms with E-state index in [1.807, 2.05) is 11.9 Å². The predicted octanol–water partition coefficient (Wildman–Crippen LogP) is 3.75. The molecule has 7 heteroatoms. The Morgan fingerprint density at radius 2 is 1.96 bits per heavy atom. The molecule has 1 aromatic rings. The van der Waals surface area contributed by atoms with Gasteiger partial charge in [-0.3, -0.25) is 4.79 Å². The number of nitrogens with zero attached hydrogens (tertiary/aromatic N) is 2. The van der Waals surface area contributed by atoms with E-state index in [4.69, 9.17) is 0 Å². The maximum atomic E-state index is 12.5. The number of halogens is 2. The van der Waals surface area contributed by atoms with Gasteiger partial charge in [0.25, 0.3) is 5.91 Å². The summed E-state index contributed by atoms with van der Waals surface area (Å²) in [6.07, 6.45) is 5.21. The van der Waals surface area contributed by atoms with Crippen molar-refractivity contribution in [2.75, 3.05) is 26.7 Å². The summed E-state index contributed by atoms with van der Waals surface area (Å²) in [4.78, 5) is 19.7. The molecule has 0 spiro atoms. The molecule has 1 aliphatic heterocycles. The van der Waals surface area contributed by atoms with Gasteiger partial charge in [0.05, 0.1) is 11.2 Å². The van der Waals surface area contributed by atoms with Crippen molar-refractivity contribution in [1.29, 1.82) is 0 Å². The minimum absolute atomic E-state index is 0. The van der Waals surface area contributed by atoms with Gasteiger partial charge >= 0.3 is 0 Å². The largest absolute Gasteiger partial charge is 0.338 e. The molecule has 134 valence electrons. The first-order valence-corrected chi connectivity index (χ1v) is 8.63. The van der Waals surface area contributed by atoms with Gasteiger partial charge in [0.1, 0.15) is 4.88 Å². The fourth-order valence-corrected chi connectivity index (χ4v) is 3.59. The van der Waals surface area contributed by atoms with Crippen LogP contribution < -0.4 is 5.32 Å². The van der Waals surface area contributed by atoms with Gasteiger partial charge in [0.2, 0.25) is 0 Å². The predicted molar refractivity (Wildman–Crippen MR) is 102 cm³/mol. The van der Waals surface area contributed by atoms with E-state index < -0.39 is 0 Å². The molecular formula is C16H29Cl2N3OS. The molecule has 1 aliphatic rings. The van der Waals surface area contributed by atoms with E-state index in [2.05, 4.69) is 31.1 Å². The molecular weight excluding hydrogens is 353 g/mol. The van der Waals surface area contributed by atoms with Crippen molar-refractivity contribution in [3.05, 3.63) is 16.1 Å². The van der Waals surface area contributed by atoms with E-state index in [-0.39, 0.29) is 36.1 Å². The molecule has 1 aromatic heterocycles. The van der Waals surface area contributed by atoms with Crippen LogP contribution in [-0.2, 0) is 5.41 Å². The minimum atomic E-state index is 0. The smallest absolute Gasteiger partial charge is 0.265 e. The van der Waals surface area contributed by atoms with Crippen molar-refractivity contribution < 1.29 is 4.79 Å². The second-order valence-corrected chi connectivity index (χ2v) is 7.94. The molecule has 0 saturated carbocycles. The molecule has 1 saturated heterocycles. The summed E-state index contributed by atoms with van der Waals surface area (Å²) in [5.74, 6) is 0.920. The number of piperidine rings is 1. The van der Waals surface area contributed by atoms with Crippen LogP contribution in [0, 0.1) is 5.92 Å². The van der Waals surface area contributed by atoms with E-state index >= 15 is 0 Å². The van der Waals surface area contributed by atoms with E-state index in [1.54, 1.807) is 17.5 Å². The standard InChI is InChI=1S/C16H27N3OS.2ClH/c1-16(2,3)15-18-11-13(21-15)14(20)19-9-6-12(7-10-19)5-8-17-4;;/h11-12,17H,5-10H2,1-4H3;2*1H. The molecule has 0 aromatic carbocycles. The SMILES string of the molecule is CNCCC1CCN(C(=O)c2cnc(C(C)(C)C)s2)CC1.Cl.Cl. The van der Waals surface area contributed by atoms with Crippen LogP contribution in [0.3, 0.4) is 0 Å². The first kappa shape index (κ1) is 22.6. The lowest BCUT2D eigenvalue weighted by Gasteiger charge is -2.31. The summed E-state index contributed by atoms with van der Waals surface area (Å²) >= 11 is 1.54. The van der Waals surface area contributed by atoms with Crippen molar-refractivity contribution in [3.63, 3.8) is 0 Å². The Kier molecular flexibility index (Phi) is 9.67. The van der Waals surface area contributed by atoms with E-state index in [0.29, 0.717) is 0 Å². The van der Waals surface area contributed by atoms with Crippen molar-refractivity contribution in [3.8, 4) is 0 Å². The molecule has 0 bridgehead atoms. The molecule has 23 heavy (non-hydrogen) atoms.